The summed E-state index contributed by atoms with van der Waals surface area (Å²) in [5.41, 5.74) is 1.16. The lowest BCUT2D eigenvalue weighted by Gasteiger charge is -2.26. The van der Waals surface area contributed by atoms with Crippen LogP contribution in [0.1, 0.15) is 50.4 Å². The highest BCUT2D eigenvalue weighted by molar-refractivity contribution is 5.69. The summed E-state index contributed by atoms with van der Waals surface area (Å²) in [5, 5.41) is 12.4. The van der Waals surface area contributed by atoms with Crippen molar-refractivity contribution in [3.8, 4) is 0 Å². The Labute approximate surface area is 126 Å². The first kappa shape index (κ1) is 15.9. The normalized spacial score (nSPS) is 22.1. The van der Waals surface area contributed by atoms with Crippen LogP contribution in [0.2, 0.25) is 0 Å². The van der Waals surface area contributed by atoms with Crippen LogP contribution in [0, 0.1) is 11.8 Å². The maximum atomic E-state index is 10.9. The van der Waals surface area contributed by atoms with E-state index < -0.39 is 5.97 Å². The van der Waals surface area contributed by atoms with Gasteiger partial charge in [-0.3, -0.25) is 4.79 Å². The number of aryl methyl sites for hydroxylation is 1. The van der Waals surface area contributed by atoms with Crippen LogP contribution in [0.25, 0.3) is 0 Å². The van der Waals surface area contributed by atoms with Crippen LogP contribution in [0.4, 0.5) is 0 Å². The lowest BCUT2D eigenvalue weighted by Crippen LogP contribution is -2.24. The van der Waals surface area contributed by atoms with Crippen LogP contribution < -0.4 is 5.32 Å². The SMILES string of the molecule is CCc1cnc(CNCCC2CCC(C(=O)O)CC2)nc1. The summed E-state index contributed by atoms with van der Waals surface area (Å²) in [7, 11) is 0. The number of aliphatic carboxylic acids is 1. The molecule has 0 aliphatic heterocycles. The molecule has 1 aromatic rings. The molecule has 0 spiro atoms. The molecule has 1 aromatic heterocycles. The summed E-state index contributed by atoms with van der Waals surface area (Å²) in [5.74, 6) is 0.761. The van der Waals surface area contributed by atoms with Gasteiger partial charge in [0, 0.05) is 12.4 Å². The van der Waals surface area contributed by atoms with E-state index in [1.54, 1.807) is 0 Å². The lowest BCUT2D eigenvalue weighted by molar-refractivity contribution is -0.143. The van der Waals surface area contributed by atoms with E-state index in [2.05, 4.69) is 22.2 Å². The maximum absolute atomic E-state index is 10.9. The fourth-order valence-electron chi connectivity index (χ4n) is 2.86. The van der Waals surface area contributed by atoms with Crippen LogP contribution in [0.3, 0.4) is 0 Å². The van der Waals surface area contributed by atoms with Gasteiger partial charge in [0.15, 0.2) is 0 Å². The Morgan fingerprint density at radius 3 is 2.52 bits per heavy atom. The second kappa shape index (κ2) is 8.08. The molecule has 1 aliphatic carbocycles. The zero-order valence-electron chi connectivity index (χ0n) is 12.7. The molecule has 0 radical (unpaired) electrons. The molecule has 1 fully saturated rings. The molecule has 5 heteroatoms. The third kappa shape index (κ3) is 5.08. The quantitative estimate of drug-likeness (QED) is 0.755. The van der Waals surface area contributed by atoms with Crippen LogP contribution >= 0.6 is 0 Å². The van der Waals surface area contributed by atoms with Gasteiger partial charge in [-0.2, -0.15) is 0 Å². The van der Waals surface area contributed by atoms with Gasteiger partial charge in [0.25, 0.3) is 0 Å². The number of carbonyl (C=O) groups is 1. The summed E-state index contributed by atoms with van der Waals surface area (Å²) in [6.07, 6.45) is 9.60. The zero-order valence-corrected chi connectivity index (χ0v) is 12.7. The average Bonchev–Trinajstić information content (AvgIpc) is 2.52. The highest BCUT2D eigenvalue weighted by Crippen LogP contribution is 2.30. The molecule has 5 nitrogen and oxygen atoms in total. The van der Waals surface area contributed by atoms with Crippen LogP contribution in [-0.2, 0) is 17.8 Å². The minimum Gasteiger partial charge on any atom is -0.481 e. The average molecular weight is 291 g/mol. The van der Waals surface area contributed by atoms with E-state index in [1.807, 2.05) is 12.4 Å². The molecule has 1 aliphatic rings. The Morgan fingerprint density at radius 1 is 1.29 bits per heavy atom. The van der Waals surface area contributed by atoms with E-state index >= 15 is 0 Å². The first-order valence-corrected chi connectivity index (χ1v) is 7.92. The van der Waals surface area contributed by atoms with E-state index in [-0.39, 0.29) is 5.92 Å². The third-order valence-electron chi connectivity index (χ3n) is 4.38. The van der Waals surface area contributed by atoms with Crippen molar-refractivity contribution in [2.45, 2.75) is 52.0 Å². The van der Waals surface area contributed by atoms with Gasteiger partial charge in [-0.15, -0.1) is 0 Å². The summed E-state index contributed by atoms with van der Waals surface area (Å²) >= 11 is 0. The smallest absolute Gasteiger partial charge is 0.306 e. The minimum absolute atomic E-state index is 0.111. The monoisotopic (exact) mass is 291 g/mol. The molecular formula is C16H25N3O2. The van der Waals surface area contributed by atoms with E-state index in [4.69, 9.17) is 5.11 Å². The molecule has 1 saturated carbocycles. The molecule has 0 amide bonds. The fraction of sp³-hybridized carbons (Fsp3) is 0.688. The van der Waals surface area contributed by atoms with Crippen molar-refractivity contribution >= 4 is 5.97 Å². The molecule has 0 aromatic carbocycles. The highest BCUT2D eigenvalue weighted by atomic mass is 16.4. The molecule has 0 atom stereocenters. The molecule has 116 valence electrons. The van der Waals surface area contributed by atoms with E-state index in [0.29, 0.717) is 12.5 Å². The first-order chi connectivity index (χ1) is 10.2. The Bertz CT molecular complexity index is 439. The highest BCUT2D eigenvalue weighted by Gasteiger charge is 2.25. The number of nitrogens with one attached hydrogen (secondary N) is 1. The van der Waals surface area contributed by atoms with E-state index in [0.717, 1.165) is 56.5 Å². The van der Waals surface area contributed by atoms with Gasteiger partial charge in [-0.1, -0.05) is 6.92 Å². The van der Waals surface area contributed by atoms with Gasteiger partial charge >= 0.3 is 5.97 Å². The minimum atomic E-state index is -0.626. The number of aromatic nitrogens is 2. The summed E-state index contributed by atoms with van der Waals surface area (Å²) in [6, 6.07) is 0. The van der Waals surface area contributed by atoms with E-state index in [1.165, 1.54) is 0 Å². The van der Waals surface area contributed by atoms with Gasteiger partial charge in [0.05, 0.1) is 12.5 Å². The standard InChI is InChI=1S/C16H25N3O2/c1-2-12-9-18-15(19-10-12)11-17-8-7-13-3-5-14(6-4-13)16(20)21/h9-10,13-14,17H,2-8,11H2,1H3,(H,20,21). The number of hydrogen-bond acceptors (Lipinski definition) is 4. The molecule has 0 saturated heterocycles. The second-order valence-electron chi connectivity index (χ2n) is 5.88. The summed E-state index contributed by atoms with van der Waals surface area (Å²) in [4.78, 5) is 19.5. The summed E-state index contributed by atoms with van der Waals surface area (Å²) < 4.78 is 0. The van der Waals surface area contributed by atoms with Crippen molar-refractivity contribution in [3.05, 3.63) is 23.8 Å². The Kier molecular flexibility index (Phi) is 6.11. The van der Waals surface area contributed by atoms with Crippen molar-refractivity contribution in [1.82, 2.24) is 15.3 Å². The molecule has 21 heavy (non-hydrogen) atoms. The molecule has 2 N–H and O–H groups in total. The number of carboxylic acid groups (broad SMARTS) is 1. The second-order valence-corrected chi connectivity index (χ2v) is 5.88. The predicted molar refractivity (Wildman–Crippen MR) is 80.8 cm³/mol. The molecular weight excluding hydrogens is 266 g/mol. The Balaban J connectivity index is 1.60. The Hall–Kier alpha value is -1.49. The van der Waals surface area contributed by atoms with Crippen molar-refractivity contribution in [3.63, 3.8) is 0 Å². The van der Waals surface area contributed by atoms with Crippen molar-refractivity contribution in [1.29, 1.82) is 0 Å². The molecule has 2 rings (SSSR count). The topological polar surface area (TPSA) is 75.1 Å². The number of rotatable bonds is 7. The Morgan fingerprint density at radius 2 is 1.95 bits per heavy atom. The van der Waals surface area contributed by atoms with Gasteiger partial charge in [0.1, 0.15) is 5.82 Å². The molecule has 0 bridgehead atoms. The zero-order chi connectivity index (χ0) is 15.1. The number of carboxylic acids is 1. The summed E-state index contributed by atoms with van der Waals surface area (Å²) in [6.45, 7) is 3.74. The van der Waals surface area contributed by atoms with Crippen molar-refractivity contribution < 1.29 is 9.90 Å². The number of hydrogen-bond donors (Lipinski definition) is 2. The first-order valence-electron chi connectivity index (χ1n) is 7.92. The van der Waals surface area contributed by atoms with E-state index in [9.17, 15) is 4.79 Å². The van der Waals surface area contributed by atoms with Gasteiger partial charge in [-0.25, -0.2) is 9.97 Å². The van der Waals surface area contributed by atoms with Gasteiger partial charge < -0.3 is 10.4 Å². The third-order valence-corrected chi connectivity index (χ3v) is 4.38. The maximum Gasteiger partial charge on any atom is 0.306 e. The van der Waals surface area contributed by atoms with Crippen molar-refractivity contribution in [2.75, 3.05) is 6.54 Å². The molecule has 0 unspecified atom stereocenters. The molecule has 1 heterocycles. The van der Waals surface area contributed by atoms with Crippen molar-refractivity contribution in [2.24, 2.45) is 11.8 Å². The van der Waals surface area contributed by atoms with Crippen LogP contribution in [0.15, 0.2) is 12.4 Å². The number of nitrogens with zero attached hydrogens (tertiary/aromatic N) is 2. The lowest BCUT2D eigenvalue weighted by atomic mass is 9.80. The van der Waals surface area contributed by atoms with Gasteiger partial charge in [-0.05, 0) is 56.6 Å². The fourth-order valence-corrected chi connectivity index (χ4v) is 2.86. The van der Waals surface area contributed by atoms with Gasteiger partial charge in [0.2, 0.25) is 0 Å². The largest absolute Gasteiger partial charge is 0.481 e. The predicted octanol–water partition coefficient (Wildman–Crippen LogP) is 2.41. The van der Waals surface area contributed by atoms with Crippen LogP contribution in [-0.4, -0.2) is 27.6 Å². The van der Waals surface area contributed by atoms with Crippen LogP contribution in [0.5, 0.6) is 0 Å².